The first-order valence-electron chi connectivity index (χ1n) is 9.79. The minimum Gasteiger partial charge on any atom is -0.488 e. The molecule has 3 aromatic rings. The van der Waals surface area contributed by atoms with Crippen LogP contribution in [0.2, 0.25) is 0 Å². The summed E-state index contributed by atoms with van der Waals surface area (Å²) in [7, 11) is -3.87. The van der Waals surface area contributed by atoms with Gasteiger partial charge in [-0.2, -0.15) is 0 Å². The second-order valence-corrected chi connectivity index (χ2v) is 9.66. The molecule has 154 valence electrons. The Bertz CT molecular complexity index is 1200. The fraction of sp³-hybridized carbons (Fsp3) is 0.208. The molecule has 1 N–H and O–H groups in total. The molecule has 3 aromatic carbocycles. The number of nitrogens with one attached hydrogen (secondary N) is 1. The summed E-state index contributed by atoms with van der Waals surface area (Å²) in [5.74, 6) is 0.472. The lowest BCUT2D eigenvalue weighted by molar-refractivity contribution is 0.0845. The summed E-state index contributed by atoms with van der Waals surface area (Å²) < 4.78 is 34.7. The van der Waals surface area contributed by atoms with Crippen LogP contribution in [-0.2, 0) is 16.4 Å². The lowest BCUT2D eigenvalue weighted by atomic mass is 9.94. The minimum absolute atomic E-state index is 0.145. The van der Waals surface area contributed by atoms with Gasteiger partial charge in [0.25, 0.3) is 10.0 Å². The monoisotopic (exact) mass is 421 g/mol. The van der Waals surface area contributed by atoms with Crippen LogP contribution in [0.1, 0.15) is 41.8 Å². The Morgan fingerprint density at radius 3 is 2.43 bits per heavy atom. The maximum absolute atomic E-state index is 13.1. The number of hydrogen-bond donors (Lipinski definition) is 1. The number of sulfonamides is 1. The maximum Gasteiger partial charge on any atom is 0.261 e. The summed E-state index contributed by atoms with van der Waals surface area (Å²) in [6, 6.07) is 20.3. The van der Waals surface area contributed by atoms with Gasteiger partial charge in [-0.05, 0) is 62.6 Å². The minimum atomic E-state index is -3.87. The van der Waals surface area contributed by atoms with Crippen LogP contribution in [0.15, 0.2) is 77.7 Å². The summed E-state index contributed by atoms with van der Waals surface area (Å²) in [6.45, 7) is 4.03. The molecule has 0 bridgehead atoms. The van der Waals surface area contributed by atoms with Crippen molar-refractivity contribution in [3.8, 4) is 5.75 Å². The highest BCUT2D eigenvalue weighted by molar-refractivity contribution is 7.92. The van der Waals surface area contributed by atoms with Crippen molar-refractivity contribution in [3.63, 3.8) is 0 Å². The van der Waals surface area contributed by atoms with E-state index in [4.69, 9.17) is 4.74 Å². The number of hydrogen-bond acceptors (Lipinski definition) is 4. The van der Waals surface area contributed by atoms with Gasteiger partial charge in [-0.3, -0.25) is 9.52 Å². The van der Waals surface area contributed by atoms with Crippen molar-refractivity contribution in [1.29, 1.82) is 0 Å². The second kappa shape index (κ2) is 7.61. The van der Waals surface area contributed by atoms with Gasteiger partial charge in [-0.25, -0.2) is 8.42 Å². The number of carbonyl (C=O) groups excluding carboxylic acids is 1. The van der Waals surface area contributed by atoms with E-state index in [9.17, 15) is 13.2 Å². The highest BCUT2D eigenvalue weighted by atomic mass is 32.2. The van der Waals surface area contributed by atoms with Gasteiger partial charge < -0.3 is 4.74 Å². The molecule has 0 aromatic heterocycles. The molecule has 0 radical (unpaired) electrons. The van der Waals surface area contributed by atoms with Crippen LogP contribution in [-0.4, -0.2) is 19.8 Å². The summed E-state index contributed by atoms with van der Waals surface area (Å²) in [5, 5.41) is 0. The molecule has 6 heteroatoms. The number of benzene rings is 3. The van der Waals surface area contributed by atoms with E-state index in [1.54, 1.807) is 60.7 Å². The Labute approximate surface area is 176 Å². The normalized spacial score (nSPS) is 15.0. The first-order chi connectivity index (χ1) is 14.3. The Morgan fingerprint density at radius 2 is 1.67 bits per heavy atom. The van der Waals surface area contributed by atoms with Gasteiger partial charge in [0.1, 0.15) is 11.4 Å². The van der Waals surface area contributed by atoms with Crippen LogP contribution in [0.25, 0.3) is 0 Å². The molecule has 4 rings (SSSR count). The molecule has 0 amide bonds. The molecular formula is C24H23NO4S. The SMILES string of the molecule is CC1(C)CCc2cc(S(=O)(=O)Nc3ccccc3C(=O)c3ccccc3)ccc2O1. The first-order valence-corrected chi connectivity index (χ1v) is 11.3. The molecule has 1 aliphatic heterocycles. The van der Waals surface area contributed by atoms with Gasteiger partial charge in [-0.15, -0.1) is 0 Å². The van der Waals surface area contributed by atoms with Gasteiger partial charge >= 0.3 is 0 Å². The highest BCUT2D eigenvalue weighted by Gasteiger charge is 2.28. The third kappa shape index (κ3) is 4.09. The van der Waals surface area contributed by atoms with E-state index in [1.807, 2.05) is 19.9 Å². The number of ether oxygens (including phenoxy) is 1. The summed E-state index contributed by atoms with van der Waals surface area (Å²) in [4.78, 5) is 13.0. The number of fused-ring (bicyclic) bond motifs is 1. The number of para-hydroxylation sites is 1. The lowest BCUT2D eigenvalue weighted by Gasteiger charge is -2.32. The van der Waals surface area contributed by atoms with Crippen molar-refractivity contribution in [2.75, 3.05) is 4.72 Å². The molecule has 30 heavy (non-hydrogen) atoms. The number of anilines is 1. The number of carbonyl (C=O) groups is 1. The molecule has 0 atom stereocenters. The fourth-order valence-electron chi connectivity index (χ4n) is 3.52. The van der Waals surface area contributed by atoms with Crippen LogP contribution in [0.4, 0.5) is 5.69 Å². The molecule has 0 spiro atoms. The Hall–Kier alpha value is -3.12. The van der Waals surface area contributed by atoms with Crippen molar-refractivity contribution in [2.24, 2.45) is 0 Å². The van der Waals surface area contributed by atoms with Gasteiger partial charge in [-0.1, -0.05) is 42.5 Å². The Morgan fingerprint density at radius 1 is 0.967 bits per heavy atom. The predicted octanol–water partition coefficient (Wildman–Crippen LogP) is 4.82. The average molecular weight is 422 g/mol. The molecular weight excluding hydrogens is 398 g/mol. The van der Waals surface area contributed by atoms with E-state index in [-0.39, 0.29) is 22.0 Å². The Kier molecular flexibility index (Phi) is 5.12. The molecule has 0 aliphatic carbocycles. The number of aryl methyl sites for hydroxylation is 1. The van der Waals surface area contributed by atoms with E-state index >= 15 is 0 Å². The summed E-state index contributed by atoms with van der Waals surface area (Å²) in [5.41, 5.74) is 1.66. The highest BCUT2D eigenvalue weighted by Crippen LogP contribution is 2.34. The van der Waals surface area contributed by atoms with Crippen LogP contribution in [0, 0.1) is 0 Å². The van der Waals surface area contributed by atoms with Crippen molar-refractivity contribution >= 4 is 21.5 Å². The van der Waals surface area contributed by atoms with E-state index < -0.39 is 10.0 Å². The summed E-state index contributed by atoms with van der Waals surface area (Å²) >= 11 is 0. The van der Waals surface area contributed by atoms with E-state index in [0.29, 0.717) is 16.9 Å². The maximum atomic E-state index is 13.1. The molecule has 1 heterocycles. The summed E-state index contributed by atoms with van der Waals surface area (Å²) in [6.07, 6.45) is 1.56. The molecule has 0 saturated carbocycles. The molecule has 0 saturated heterocycles. The zero-order valence-electron chi connectivity index (χ0n) is 16.9. The van der Waals surface area contributed by atoms with E-state index in [2.05, 4.69) is 4.72 Å². The molecule has 1 aliphatic rings. The van der Waals surface area contributed by atoms with Gasteiger partial charge in [0.15, 0.2) is 5.78 Å². The van der Waals surface area contributed by atoms with Gasteiger partial charge in [0.2, 0.25) is 0 Å². The third-order valence-corrected chi connectivity index (χ3v) is 6.54. The largest absolute Gasteiger partial charge is 0.488 e. The van der Waals surface area contributed by atoms with Crippen LogP contribution >= 0.6 is 0 Å². The van der Waals surface area contributed by atoms with Crippen LogP contribution in [0.5, 0.6) is 5.75 Å². The molecule has 5 nitrogen and oxygen atoms in total. The number of rotatable bonds is 5. The van der Waals surface area contributed by atoms with E-state index in [1.165, 1.54) is 6.07 Å². The Balaban J connectivity index is 1.65. The van der Waals surface area contributed by atoms with Crippen LogP contribution in [0.3, 0.4) is 0 Å². The van der Waals surface area contributed by atoms with Crippen molar-refractivity contribution in [2.45, 2.75) is 37.2 Å². The molecule has 0 unspecified atom stereocenters. The van der Waals surface area contributed by atoms with Gasteiger partial charge in [0, 0.05) is 11.1 Å². The van der Waals surface area contributed by atoms with Crippen molar-refractivity contribution in [1.82, 2.24) is 0 Å². The zero-order valence-corrected chi connectivity index (χ0v) is 17.7. The van der Waals surface area contributed by atoms with Gasteiger partial charge in [0.05, 0.1) is 10.6 Å². The van der Waals surface area contributed by atoms with E-state index in [0.717, 1.165) is 18.4 Å². The predicted molar refractivity (Wildman–Crippen MR) is 117 cm³/mol. The van der Waals surface area contributed by atoms with Crippen LogP contribution < -0.4 is 9.46 Å². The smallest absolute Gasteiger partial charge is 0.261 e. The number of ketones is 1. The fourth-order valence-corrected chi connectivity index (χ4v) is 4.65. The standard InChI is InChI=1S/C24H23NO4S/c1-24(2)15-14-18-16-19(12-13-22(18)29-24)30(27,28)25-21-11-7-6-10-20(21)23(26)17-8-4-3-5-9-17/h3-13,16,25H,14-15H2,1-2H3. The van der Waals surface area contributed by atoms with Crippen molar-refractivity contribution < 1.29 is 17.9 Å². The van der Waals surface area contributed by atoms with Crippen molar-refractivity contribution in [3.05, 3.63) is 89.5 Å². The topological polar surface area (TPSA) is 72.5 Å². The zero-order chi connectivity index (χ0) is 21.4. The first kappa shape index (κ1) is 20.2. The quantitative estimate of drug-likeness (QED) is 0.600. The second-order valence-electron chi connectivity index (χ2n) is 7.98. The lowest BCUT2D eigenvalue weighted by Crippen LogP contribution is -2.32. The third-order valence-electron chi connectivity index (χ3n) is 5.18. The average Bonchev–Trinajstić information content (AvgIpc) is 2.73. The molecule has 0 fully saturated rings.